The second-order valence-corrected chi connectivity index (χ2v) is 7.06. The number of aromatic hydroxyl groups is 1. The van der Waals surface area contributed by atoms with Crippen LogP contribution >= 0.6 is 0 Å². The third-order valence-electron chi connectivity index (χ3n) is 5.32. The highest BCUT2D eigenvalue weighted by atomic mass is 16.5. The van der Waals surface area contributed by atoms with E-state index in [1.54, 1.807) is 24.3 Å². The average Bonchev–Trinajstić information content (AvgIpc) is 3.15. The zero-order valence-electron chi connectivity index (χ0n) is 17.7. The van der Waals surface area contributed by atoms with Crippen molar-refractivity contribution in [3.63, 3.8) is 0 Å². The van der Waals surface area contributed by atoms with Gasteiger partial charge in [-0.25, -0.2) is 0 Å². The van der Waals surface area contributed by atoms with Crippen molar-refractivity contribution < 1.29 is 24.2 Å². The number of methoxy groups -OCH3 is 2. The molecule has 0 aliphatic carbocycles. The number of nitrogens with zero attached hydrogens (tertiary/aromatic N) is 1. The number of phenolic OH excluding ortho intramolecular Hbond substituents is 1. The van der Waals surface area contributed by atoms with Crippen molar-refractivity contribution in [1.82, 2.24) is 10.2 Å². The summed E-state index contributed by atoms with van der Waals surface area (Å²) in [6.07, 6.45) is 1.49. The minimum atomic E-state index is -0.513. The van der Waals surface area contributed by atoms with Crippen LogP contribution in [0.3, 0.4) is 0 Å². The highest BCUT2D eigenvalue weighted by Gasteiger charge is 2.35. The molecule has 0 fully saturated rings. The summed E-state index contributed by atoms with van der Waals surface area (Å²) in [5.41, 5.74) is 0.732. The number of fused-ring (bicyclic) bond motifs is 1. The minimum Gasteiger partial charge on any atom is -0.502 e. The van der Waals surface area contributed by atoms with E-state index in [2.05, 4.69) is 10.2 Å². The summed E-state index contributed by atoms with van der Waals surface area (Å²) in [7, 11) is 2.78. The number of carbonyl (C=O) groups excluding carboxylic acids is 2. The second kappa shape index (κ2) is 8.10. The van der Waals surface area contributed by atoms with Crippen molar-refractivity contribution in [3.05, 3.63) is 68.4 Å². The molecule has 1 aromatic heterocycles. The Morgan fingerprint density at radius 2 is 1.69 bits per heavy atom. The van der Waals surface area contributed by atoms with Crippen molar-refractivity contribution in [3.8, 4) is 17.2 Å². The number of hydrogen-bond acceptors (Lipinski definition) is 6. The maximum atomic E-state index is 13.2. The molecule has 1 aliphatic heterocycles. The van der Waals surface area contributed by atoms with Gasteiger partial charge in [-0.1, -0.05) is 12.1 Å². The topological polar surface area (TPSA) is 125 Å². The van der Waals surface area contributed by atoms with Gasteiger partial charge in [0.25, 0.3) is 11.5 Å². The predicted molar refractivity (Wildman–Crippen MR) is 118 cm³/mol. The molecule has 3 aromatic rings. The molecule has 1 amide bonds. The Hall–Kier alpha value is -4.27. The van der Waals surface area contributed by atoms with Crippen molar-refractivity contribution in [2.24, 2.45) is 0 Å². The molecule has 9 nitrogen and oxygen atoms in total. The summed E-state index contributed by atoms with van der Waals surface area (Å²) in [5, 5.41) is 15.4. The van der Waals surface area contributed by atoms with Crippen LogP contribution in [0, 0.1) is 0 Å². The lowest BCUT2D eigenvalue weighted by Crippen LogP contribution is -2.45. The molecule has 0 saturated carbocycles. The molecule has 2 aromatic carbocycles. The van der Waals surface area contributed by atoms with Crippen molar-refractivity contribution >= 4 is 29.0 Å². The van der Waals surface area contributed by atoms with Crippen molar-refractivity contribution in [2.75, 3.05) is 25.7 Å². The number of anilines is 1. The fourth-order valence-corrected chi connectivity index (χ4v) is 3.78. The number of rotatable bonds is 4. The number of para-hydroxylation sites is 1. The molecular weight excluding hydrogens is 414 g/mol. The summed E-state index contributed by atoms with van der Waals surface area (Å²) in [6.45, 7) is 2.16. The number of ketones is 1. The van der Waals surface area contributed by atoms with Crippen LogP contribution < -0.4 is 30.5 Å². The van der Waals surface area contributed by atoms with E-state index in [9.17, 15) is 19.5 Å². The standard InChI is InChI=1S/C23H21N3O6/c1-4-26-15-8-6-5-7-13(15)20(27)18(23(26)30)19-14(22(29)25-24-19)9-12-10-16(31-2)21(28)17(11-12)32-3/h5-11,24,28H,4H2,1-3H3,(H,25,29). The van der Waals surface area contributed by atoms with Gasteiger partial charge in [-0.15, -0.1) is 0 Å². The first-order chi connectivity index (χ1) is 15.4. The summed E-state index contributed by atoms with van der Waals surface area (Å²) >= 11 is 0. The van der Waals surface area contributed by atoms with E-state index < -0.39 is 17.2 Å². The number of hydrogen-bond donors (Lipinski definition) is 3. The van der Waals surface area contributed by atoms with Gasteiger partial charge in [0.1, 0.15) is 5.57 Å². The van der Waals surface area contributed by atoms with Gasteiger partial charge < -0.3 is 19.5 Å². The number of carbonyl (C=O) groups is 2. The van der Waals surface area contributed by atoms with Crippen molar-refractivity contribution in [1.29, 1.82) is 0 Å². The van der Waals surface area contributed by atoms with E-state index in [1.165, 1.54) is 37.3 Å². The zero-order chi connectivity index (χ0) is 23.0. The molecule has 32 heavy (non-hydrogen) atoms. The van der Waals surface area contributed by atoms with Gasteiger partial charge in [-0.2, -0.15) is 0 Å². The monoisotopic (exact) mass is 435 g/mol. The highest BCUT2D eigenvalue weighted by molar-refractivity contribution is 6.51. The van der Waals surface area contributed by atoms with E-state index in [0.29, 0.717) is 23.4 Å². The van der Waals surface area contributed by atoms with Crippen LogP contribution in [0.2, 0.25) is 0 Å². The summed E-state index contributed by atoms with van der Waals surface area (Å²) < 4.78 is 10.3. The Bertz CT molecular complexity index is 1390. The lowest BCUT2D eigenvalue weighted by Gasteiger charge is -2.28. The van der Waals surface area contributed by atoms with E-state index in [1.807, 2.05) is 6.92 Å². The number of benzene rings is 2. The number of aromatic nitrogens is 2. The molecule has 3 N–H and O–H groups in total. The minimum absolute atomic E-state index is 0.0870. The maximum absolute atomic E-state index is 13.2. The molecular formula is C23H21N3O6. The number of Topliss-reactive ketones (excluding diaryl/α,β-unsaturated/α-hetero) is 1. The molecule has 2 heterocycles. The molecule has 0 bridgehead atoms. The van der Waals surface area contributed by atoms with Crippen LogP contribution in [-0.4, -0.2) is 47.8 Å². The number of phenols is 1. The van der Waals surface area contributed by atoms with Gasteiger partial charge in [0.2, 0.25) is 11.5 Å². The molecule has 0 atom stereocenters. The van der Waals surface area contributed by atoms with Gasteiger partial charge in [0.15, 0.2) is 11.5 Å². The Morgan fingerprint density at radius 1 is 1.03 bits per heavy atom. The third kappa shape index (κ3) is 3.24. The van der Waals surface area contributed by atoms with Crippen LogP contribution in [0.25, 0.3) is 11.6 Å². The largest absolute Gasteiger partial charge is 0.502 e. The fourth-order valence-electron chi connectivity index (χ4n) is 3.78. The number of aromatic amines is 2. The van der Waals surface area contributed by atoms with Gasteiger partial charge in [0, 0.05) is 12.1 Å². The van der Waals surface area contributed by atoms with Gasteiger partial charge in [0.05, 0.1) is 30.5 Å². The molecule has 164 valence electrons. The number of ether oxygens (including phenoxy) is 2. The van der Waals surface area contributed by atoms with Crippen LogP contribution in [0.1, 0.15) is 22.8 Å². The molecule has 4 rings (SSSR count). The quantitative estimate of drug-likeness (QED) is 0.553. The first-order valence-corrected chi connectivity index (χ1v) is 9.84. The number of H-pyrrole nitrogens is 2. The van der Waals surface area contributed by atoms with Gasteiger partial charge in [-0.05, 0) is 42.8 Å². The Morgan fingerprint density at radius 3 is 2.31 bits per heavy atom. The van der Waals surface area contributed by atoms with E-state index in [-0.39, 0.29) is 33.4 Å². The van der Waals surface area contributed by atoms with Crippen LogP contribution in [0.15, 0.2) is 41.2 Å². The Labute approximate surface area is 182 Å². The lowest BCUT2D eigenvalue weighted by molar-refractivity contribution is -0.113. The molecule has 0 unspecified atom stereocenters. The Balaban J connectivity index is 2.03. The average molecular weight is 435 g/mol. The molecule has 0 spiro atoms. The first-order valence-electron chi connectivity index (χ1n) is 9.84. The lowest BCUT2D eigenvalue weighted by atomic mass is 9.94. The van der Waals surface area contributed by atoms with Crippen molar-refractivity contribution in [2.45, 2.75) is 6.92 Å². The van der Waals surface area contributed by atoms with Crippen LogP contribution in [0.4, 0.5) is 5.69 Å². The van der Waals surface area contributed by atoms with E-state index >= 15 is 0 Å². The molecule has 1 aliphatic rings. The molecule has 0 radical (unpaired) electrons. The smallest absolute Gasteiger partial charge is 0.271 e. The first kappa shape index (κ1) is 21.0. The SMILES string of the molecule is CCN1C(=O)C(=c2[nH][nH]c(=O)c2=Cc2cc(OC)c(O)c(OC)c2)C(=O)c2ccccc21. The Kier molecular flexibility index (Phi) is 5.31. The second-order valence-electron chi connectivity index (χ2n) is 7.06. The van der Waals surface area contributed by atoms with Crippen LogP contribution in [-0.2, 0) is 4.79 Å². The molecule has 0 saturated heterocycles. The van der Waals surface area contributed by atoms with Crippen LogP contribution in [0.5, 0.6) is 17.2 Å². The number of amides is 1. The fraction of sp³-hybridized carbons (Fsp3) is 0.174. The summed E-state index contributed by atoms with van der Waals surface area (Å²) in [6, 6.07) is 9.87. The zero-order valence-corrected chi connectivity index (χ0v) is 17.7. The number of nitrogens with one attached hydrogen (secondary N) is 2. The van der Waals surface area contributed by atoms with E-state index in [0.717, 1.165) is 0 Å². The van der Waals surface area contributed by atoms with Gasteiger partial charge >= 0.3 is 0 Å². The highest BCUT2D eigenvalue weighted by Crippen LogP contribution is 2.37. The summed E-state index contributed by atoms with van der Waals surface area (Å²) in [5.74, 6) is -0.860. The predicted octanol–water partition coefficient (Wildman–Crippen LogP) is 0.655. The third-order valence-corrected chi connectivity index (χ3v) is 5.32. The normalized spacial score (nSPS) is 15.7. The van der Waals surface area contributed by atoms with E-state index in [4.69, 9.17) is 9.47 Å². The molecule has 9 heteroatoms. The van der Waals surface area contributed by atoms with Gasteiger partial charge in [-0.3, -0.25) is 24.6 Å². The summed E-state index contributed by atoms with van der Waals surface area (Å²) in [4.78, 5) is 40.6. The maximum Gasteiger partial charge on any atom is 0.271 e.